The van der Waals surface area contributed by atoms with Crippen LogP contribution >= 0.6 is 0 Å². The van der Waals surface area contributed by atoms with E-state index in [2.05, 4.69) is 4.90 Å². The van der Waals surface area contributed by atoms with Crippen molar-refractivity contribution in [1.29, 1.82) is 0 Å². The van der Waals surface area contributed by atoms with E-state index in [0.717, 1.165) is 12.5 Å². The van der Waals surface area contributed by atoms with Gasteiger partial charge >= 0.3 is 0 Å². The summed E-state index contributed by atoms with van der Waals surface area (Å²) in [6.45, 7) is 4.76. The average Bonchev–Trinajstić information content (AvgIpc) is 2.41. The van der Waals surface area contributed by atoms with Crippen LogP contribution in [0.5, 0.6) is 0 Å². The molecule has 1 saturated heterocycles. The molecule has 2 fully saturated rings. The molecule has 0 atom stereocenters. The van der Waals surface area contributed by atoms with Crippen molar-refractivity contribution in [3.05, 3.63) is 0 Å². The largest absolute Gasteiger partial charge is 0.396 e. The minimum Gasteiger partial charge on any atom is -0.396 e. The molecule has 2 rings (SSSR count). The van der Waals surface area contributed by atoms with Crippen LogP contribution in [0.15, 0.2) is 0 Å². The van der Waals surface area contributed by atoms with E-state index in [9.17, 15) is 0 Å². The third kappa shape index (κ3) is 5.84. The van der Waals surface area contributed by atoms with E-state index >= 15 is 0 Å². The van der Waals surface area contributed by atoms with E-state index in [-0.39, 0.29) is 0 Å². The molecule has 17 heavy (non-hydrogen) atoms. The molecule has 3 N–H and O–H groups in total. The number of nitrogens with zero attached hydrogens (tertiary/aromatic N) is 1. The summed E-state index contributed by atoms with van der Waals surface area (Å²) in [5, 5.41) is 7.88. The first-order valence-corrected chi connectivity index (χ1v) is 7.38. The van der Waals surface area contributed by atoms with Crippen molar-refractivity contribution in [2.75, 3.05) is 19.7 Å². The van der Waals surface area contributed by atoms with Gasteiger partial charge in [-0.25, -0.2) is 0 Å². The fraction of sp³-hybridized carbons (Fsp3) is 1.00. The number of aliphatic hydroxyl groups is 1. The quantitative estimate of drug-likeness (QED) is 0.780. The van der Waals surface area contributed by atoms with Crippen molar-refractivity contribution >= 4 is 0 Å². The monoisotopic (exact) mass is 242 g/mol. The summed E-state index contributed by atoms with van der Waals surface area (Å²) < 4.78 is 0. The molecule has 3 nitrogen and oxygen atoms in total. The molecule has 0 spiro atoms. The van der Waals surface area contributed by atoms with E-state index in [0.29, 0.717) is 12.6 Å². The SMILES string of the molecule is CCCO.NC1CCN(C2CCCCC2)CC1. The lowest BCUT2D eigenvalue weighted by Gasteiger charge is -2.38. The number of piperidine rings is 1. The zero-order valence-electron chi connectivity index (χ0n) is 11.4. The minimum absolute atomic E-state index is 0.319. The van der Waals surface area contributed by atoms with Crippen LogP contribution in [0.2, 0.25) is 0 Å². The molecule has 0 aromatic carbocycles. The van der Waals surface area contributed by atoms with E-state index in [1.54, 1.807) is 0 Å². The van der Waals surface area contributed by atoms with Gasteiger partial charge in [0.25, 0.3) is 0 Å². The molecule has 1 saturated carbocycles. The Kier molecular flexibility index (Phi) is 7.82. The highest BCUT2D eigenvalue weighted by Crippen LogP contribution is 2.24. The van der Waals surface area contributed by atoms with Gasteiger partial charge in [-0.3, -0.25) is 0 Å². The number of likely N-dealkylation sites (tertiary alicyclic amines) is 1. The topological polar surface area (TPSA) is 49.5 Å². The van der Waals surface area contributed by atoms with E-state index < -0.39 is 0 Å². The first-order valence-electron chi connectivity index (χ1n) is 7.38. The number of rotatable bonds is 2. The highest BCUT2D eigenvalue weighted by atomic mass is 16.2. The molecule has 0 aromatic heterocycles. The van der Waals surface area contributed by atoms with E-state index in [1.807, 2.05) is 6.92 Å². The third-order valence-electron chi connectivity index (χ3n) is 3.89. The highest BCUT2D eigenvalue weighted by molar-refractivity contribution is 4.81. The van der Waals surface area contributed by atoms with Gasteiger partial charge in [-0.1, -0.05) is 26.2 Å². The third-order valence-corrected chi connectivity index (χ3v) is 3.89. The molecule has 2 aliphatic rings. The van der Waals surface area contributed by atoms with Crippen molar-refractivity contribution < 1.29 is 5.11 Å². The van der Waals surface area contributed by atoms with Crippen LogP contribution in [0.25, 0.3) is 0 Å². The fourth-order valence-electron chi connectivity index (χ4n) is 2.73. The standard InChI is InChI=1S/C11H22N2.C3H8O/c12-10-6-8-13(9-7-10)11-4-2-1-3-5-11;1-2-3-4/h10-11H,1-9,12H2;4H,2-3H2,1H3. The first-order chi connectivity index (χ1) is 8.27. The summed E-state index contributed by atoms with van der Waals surface area (Å²) in [6.07, 6.45) is 10.6. The highest BCUT2D eigenvalue weighted by Gasteiger charge is 2.24. The number of aliphatic hydroxyl groups excluding tert-OH is 1. The Morgan fingerprint density at radius 1 is 1.06 bits per heavy atom. The molecule has 0 bridgehead atoms. The summed E-state index contributed by atoms with van der Waals surface area (Å²) >= 11 is 0. The van der Waals surface area contributed by atoms with Gasteiger partial charge in [-0.2, -0.15) is 0 Å². The zero-order valence-corrected chi connectivity index (χ0v) is 11.4. The number of hydrogen-bond acceptors (Lipinski definition) is 3. The van der Waals surface area contributed by atoms with Crippen molar-refractivity contribution in [2.45, 2.75) is 70.4 Å². The average molecular weight is 242 g/mol. The van der Waals surface area contributed by atoms with Crippen molar-refractivity contribution in [2.24, 2.45) is 5.73 Å². The Bertz CT molecular complexity index is 171. The Morgan fingerprint density at radius 3 is 2.06 bits per heavy atom. The molecule has 1 aliphatic heterocycles. The van der Waals surface area contributed by atoms with Crippen molar-refractivity contribution in [3.8, 4) is 0 Å². The summed E-state index contributed by atoms with van der Waals surface area (Å²) in [4.78, 5) is 2.68. The second kappa shape index (κ2) is 8.90. The summed E-state index contributed by atoms with van der Waals surface area (Å²) in [5.74, 6) is 0. The molecule has 1 heterocycles. The van der Waals surface area contributed by atoms with Crippen LogP contribution in [0.4, 0.5) is 0 Å². The van der Waals surface area contributed by atoms with Crippen LogP contribution in [0.3, 0.4) is 0 Å². The van der Waals surface area contributed by atoms with Gasteiger partial charge in [0, 0.05) is 18.7 Å². The van der Waals surface area contributed by atoms with Gasteiger partial charge in [0.05, 0.1) is 0 Å². The van der Waals surface area contributed by atoms with Crippen LogP contribution in [-0.4, -0.2) is 41.8 Å². The van der Waals surface area contributed by atoms with Crippen LogP contribution in [-0.2, 0) is 0 Å². The second-order valence-electron chi connectivity index (χ2n) is 5.39. The summed E-state index contributed by atoms with van der Waals surface area (Å²) in [5.41, 5.74) is 5.90. The fourth-order valence-corrected chi connectivity index (χ4v) is 2.73. The van der Waals surface area contributed by atoms with Gasteiger partial charge in [0.15, 0.2) is 0 Å². The van der Waals surface area contributed by atoms with Crippen molar-refractivity contribution in [3.63, 3.8) is 0 Å². The molecule has 0 unspecified atom stereocenters. The molecule has 1 aliphatic carbocycles. The Morgan fingerprint density at radius 2 is 1.59 bits per heavy atom. The molecule has 102 valence electrons. The first kappa shape index (κ1) is 14.9. The van der Waals surface area contributed by atoms with Gasteiger partial charge in [0.2, 0.25) is 0 Å². The van der Waals surface area contributed by atoms with E-state index in [4.69, 9.17) is 10.8 Å². The lowest BCUT2D eigenvalue weighted by atomic mass is 9.92. The van der Waals surface area contributed by atoms with E-state index in [1.165, 1.54) is 58.0 Å². The van der Waals surface area contributed by atoms with Crippen LogP contribution < -0.4 is 5.73 Å². The van der Waals surface area contributed by atoms with Crippen LogP contribution in [0, 0.1) is 0 Å². The maximum Gasteiger partial charge on any atom is 0.0428 e. The molecular weight excluding hydrogens is 212 g/mol. The number of nitrogens with two attached hydrogens (primary N) is 1. The van der Waals surface area contributed by atoms with Crippen molar-refractivity contribution in [1.82, 2.24) is 4.90 Å². The molecule has 3 heteroatoms. The van der Waals surface area contributed by atoms with Gasteiger partial charge in [0.1, 0.15) is 0 Å². The normalized spacial score (nSPS) is 24.2. The molecule has 0 radical (unpaired) electrons. The molecule has 0 aromatic rings. The molecular formula is C14H30N2O. The van der Waals surface area contributed by atoms with Gasteiger partial charge < -0.3 is 15.7 Å². The predicted molar refractivity (Wildman–Crippen MR) is 73.0 cm³/mol. The molecule has 0 amide bonds. The Balaban J connectivity index is 0.000000317. The second-order valence-corrected chi connectivity index (χ2v) is 5.39. The maximum atomic E-state index is 7.88. The number of hydrogen-bond donors (Lipinski definition) is 2. The maximum absolute atomic E-state index is 7.88. The van der Waals surface area contributed by atoms with Gasteiger partial charge in [-0.15, -0.1) is 0 Å². The van der Waals surface area contributed by atoms with Crippen LogP contribution in [0.1, 0.15) is 58.3 Å². The van der Waals surface area contributed by atoms with Gasteiger partial charge in [-0.05, 0) is 45.2 Å². The zero-order chi connectivity index (χ0) is 12.5. The lowest BCUT2D eigenvalue weighted by Crippen LogP contribution is -2.45. The predicted octanol–water partition coefficient (Wildman–Crippen LogP) is 2.13. The minimum atomic E-state index is 0.319. The smallest absolute Gasteiger partial charge is 0.0428 e. The lowest BCUT2D eigenvalue weighted by molar-refractivity contribution is 0.123. The Hall–Kier alpha value is -0.120. The summed E-state index contributed by atoms with van der Waals surface area (Å²) in [6, 6.07) is 1.39. The summed E-state index contributed by atoms with van der Waals surface area (Å²) in [7, 11) is 0. The Labute approximate surface area is 106 Å².